The topological polar surface area (TPSA) is 222 Å². The molecule has 0 aromatic rings. The lowest BCUT2D eigenvalue weighted by atomic mass is 9.96. The predicted octanol–water partition coefficient (Wildman–Crippen LogP) is -0.490. The van der Waals surface area contributed by atoms with Crippen LogP contribution in [0.1, 0.15) is 0 Å². The molecule has 31 heavy (non-hydrogen) atoms. The zero-order valence-corrected chi connectivity index (χ0v) is 17.7. The predicted molar refractivity (Wildman–Crippen MR) is 92.6 cm³/mol. The Morgan fingerprint density at radius 1 is 1.23 bits per heavy atom. The summed E-state index contributed by atoms with van der Waals surface area (Å²) >= 11 is 0. The van der Waals surface area contributed by atoms with E-state index in [0.29, 0.717) is 0 Å². The normalized spacial score (nSPS) is 33.1. The van der Waals surface area contributed by atoms with Crippen molar-refractivity contribution < 1.29 is 69.8 Å². The van der Waals surface area contributed by atoms with Crippen LogP contribution in [0.4, 0.5) is 8.78 Å². The Balaban J connectivity index is 2.12. The summed E-state index contributed by atoms with van der Waals surface area (Å²) in [5, 5.41) is 12.6. The van der Waals surface area contributed by atoms with Crippen LogP contribution < -0.4 is 5.32 Å². The second-order valence-electron chi connectivity index (χ2n) is 6.10. The number of nitrogens with zero attached hydrogens (tertiary/aromatic N) is 1. The molecule has 2 heterocycles. The van der Waals surface area contributed by atoms with Crippen LogP contribution in [0, 0.1) is 0 Å². The van der Waals surface area contributed by atoms with E-state index in [0.717, 1.165) is 17.2 Å². The summed E-state index contributed by atoms with van der Waals surface area (Å²) in [5.74, 6) is -0.839. The van der Waals surface area contributed by atoms with Gasteiger partial charge in [-0.15, -0.1) is 0 Å². The smallest absolute Gasteiger partial charge is 0.379 e. The number of alkyl halides is 2. The number of halogens is 2. The summed E-state index contributed by atoms with van der Waals surface area (Å²) in [4.78, 5) is 47.5. The monoisotopic (exact) mass is 516 g/mol. The fourth-order valence-corrected chi connectivity index (χ4v) is 5.59. The van der Waals surface area contributed by atoms with Crippen LogP contribution in [0.2, 0.25) is 0 Å². The van der Waals surface area contributed by atoms with Crippen molar-refractivity contribution in [1.82, 2.24) is 10.2 Å². The quantitative estimate of drug-likeness (QED) is 0.213. The third kappa shape index (κ3) is 6.48. The number of hydrogen-bond acceptors (Lipinski definition) is 10. The van der Waals surface area contributed by atoms with E-state index >= 15 is 0 Å². The largest absolute Gasteiger partial charge is 0.490 e. The number of nitrogens with one attached hydrogen (secondary N) is 1. The van der Waals surface area contributed by atoms with Gasteiger partial charge in [-0.25, -0.2) is 22.5 Å². The number of carbonyl (C=O) groups is 1. The van der Waals surface area contributed by atoms with Crippen molar-refractivity contribution in [3.8, 4) is 0 Å². The van der Waals surface area contributed by atoms with Crippen LogP contribution in [-0.4, -0.2) is 72.9 Å². The molecule has 1 fully saturated rings. The van der Waals surface area contributed by atoms with E-state index in [-0.39, 0.29) is 5.82 Å². The van der Waals surface area contributed by atoms with Gasteiger partial charge in [0.1, 0.15) is 18.6 Å². The Labute approximate surface area is 172 Å². The molecule has 0 saturated carbocycles. The number of ether oxygens (including phenoxy) is 1. The molecule has 0 aromatic carbocycles. The fraction of sp³-hybridized carbons (Fsp3) is 0.545. The molecule has 2 aliphatic rings. The van der Waals surface area contributed by atoms with Gasteiger partial charge in [0.25, 0.3) is 5.91 Å². The van der Waals surface area contributed by atoms with Crippen molar-refractivity contribution in [2.24, 2.45) is 0 Å². The van der Waals surface area contributed by atoms with E-state index in [2.05, 4.69) is 25.0 Å². The zero-order chi connectivity index (χ0) is 23.8. The molecule has 2 rings (SSSR count). The first kappa shape index (κ1) is 26.2. The molecular formula is C11H17F2N2O13P3. The maximum absolute atomic E-state index is 14.7. The van der Waals surface area contributed by atoms with Crippen LogP contribution in [0.25, 0.3) is 0 Å². The summed E-state index contributed by atoms with van der Waals surface area (Å²) in [7, 11) is -17.0. The third-order valence-electron chi connectivity index (χ3n) is 3.79. The van der Waals surface area contributed by atoms with E-state index in [1.807, 2.05) is 0 Å². The van der Waals surface area contributed by atoms with Crippen molar-refractivity contribution in [1.29, 1.82) is 0 Å². The molecule has 2 aliphatic heterocycles. The molecule has 20 heteroatoms. The van der Waals surface area contributed by atoms with Gasteiger partial charge in [0.15, 0.2) is 18.0 Å². The Bertz CT molecular complexity index is 911. The molecule has 1 amide bonds. The first-order chi connectivity index (χ1) is 14.0. The van der Waals surface area contributed by atoms with Gasteiger partial charge in [-0.3, -0.25) is 9.32 Å². The lowest BCUT2D eigenvalue weighted by molar-refractivity contribution is -0.130. The average Bonchev–Trinajstić information content (AvgIpc) is 2.82. The highest BCUT2D eigenvalue weighted by Gasteiger charge is 2.60. The van der Waals surface area contributed by atoms with Crippen molar-refractivity contribution in [2.75, 3.05) is 13.3 Å². The van der Waals surface area contributed by atoms with Gasteiger partial charge < -0.3 is 39.6 Å². The van der Waals surface area contributed by atoms with Gasteiger partial charge in [-0.1, -0.05) is 6.58 Å². The lowest BCUT2D eigenvalue weighted by Crippen LogP contribution is -2.56. The van der Waals surface area contributed by atoms with Crippen LogP contribution >= 0.6 is 23.5 Å². The highest BCUT2D eigenvalue weighted by Crippen LogP contribution is 2.66. The zero-order valence-electron chi connectivity index (χ0n) is 15.1. The molecule has 0 bridgehead atoms. The van der Waals surface area contributed by atoms with E-state index in [1.165, 1.54) is 0 Å². The van der Waals surface area contributed by atoms with Crippen molar-refractivity contribution in [3.63, 3.8) is 0 Å². The van der Waals surface area contributed by atoms with Crippen LogP contribution in [-0.2, 0) is 36.4 Å². The van der Waals surface area contributed by atoms with Crippen molar-refractivity contribution in [3.05, 3.63) is 24.7 Å². The van der Waals surface area contributed by atoms with Crippen molar-refractivity contribution >= 4 is 29.4 Å². The van der Waals surface area contributed by atoms with Gasteiger partial charge in [0.05, 0.1) is 6.61 Å². The Kier molecular flexibility index (Phi) is 7.65. The van der Waals surface area contributed by atoms with E-state index in [9.17, 15) is 37.3 Å². The van der Waals surface area contributed by atoms with Crippen LogP contribution in [0.15, 0.2) is 24.7 Å². The summed E-state index contributed by atoms with van der Waals surface area (Å²) in [6, 6.07) is 0. The van der Waals surface area contributed by atoms with Gasteiger partial charge in [0.2, 0.25) is 0 Å². The van der Waals surface area contributed by atoms with Crippen LogP contribution in [0.3, 0.4) is 0 Å². The number of carbonyl (C=O) groups excluding carboxylic acids is 1. The first-order valence-corrected chi connectivity index (χ1v) is 12.3. The highest BCUT2D eigenvalue weighted by molar-refractivity contribution is 7.66. The average molecular weight is 516 g/mol. The molecular weight excluding hydrogens is 499 g/mol. The van der Waals surface area contributed by atoms with Gasteiger partial charge in [-0.05, 0) is 0 Å². The van der Waals surface area contributed by atoms with Crippen molar-refractivity contribution in [2.45, 2.75) is 24.1 Å². The second kappa shape index (κ2) is 9.06. The molecule has 0 radical (unpaired) electrons. The van der Waals surface area contributed by atoms with E-state index in [1.54, 1.807) is 0 Å². The molecule has 1 saturated heterocycles. The Hall–Kier alpha value is -1.06. The lowest BCUT2D eigenvalue weighted by Gasteiger charge is -2.37. The van der Waals surface area contributed by atoms with Gasteiger partial charge in [0, 0.05) is 12.3 Å². The highest BCUT2D eigenvalue weighted by atomic mass is 31.3. The third-order valence-corrected chi connectivity index (χ3v) is 7.59. The van der Waals surface area contributed by atoms with E-state index in [4.69, 9.17) is 19.4 Å². The standard InChI is InChI=1S/C11H17F2N2O13P3/c1-6-14-8(16)2-3-15(6)10-11(17,5-12)9(13)7(26-10)4-25-30(21,22)28-31(23,24)27-29(18,19)20/h2-3,7,9-10,17H,1,4-5H2,(H,14,16)(H,21,22)(H,23,24)(H2,18,19,20)/t7-,9+,10-,11?/m1/s1. The molecule has 3 unspecified atom stereocenters. The number of rotatable bonds is 9. The second-order valence-corrected chi connectivity index (χ2v) is 10.5. The molecule has 15 nitrogen and oxygen atoms in total. The van der Waals surface area contributed by atoms with Gasteiger partial charge in [-0.2, -0.15) is 8.62 Å². The maximum atomic E-state index is 14.7. The number of phosphoric acid groups is 3. The minimum absolute atomic E-state index is 0.217. The van der Waals surface area contributed by atoms with Gasteiger partial charge >= 0.3 is 23.5 Å². The molecule has 0 aliphatic carbocycles. The number of aliphatic hydroxyl groups is 1. The van der Waals surface area contributed by atoms with Crippen LogP contribution in [0.5, 0.6) is 0 Å². The maximum Gasteiger partial charge on any atom is 0.490 e. The summed E-state index contributed by atoms with van der Waals surface area (Å²) in [6.45, 7) is 0.454. The molecule has 6 N–H and O–H groups in total. The number of amides is 1. The van der Waals surface area contributed by atoms with E-state index < -0.39 is 66.8 Å². The Morgan fingerprint density at radius 3 is 2.35 bits per heavy atom. The summed E-state index contributed by atoms with van der Waals surface area (Å²) in [5.41, 5.74) is -2.86. The molecule has 6 atom stereocenters. The fourth-order valence-electron chi connectivity index (χ4n) is 2.56. The SMILES string of the molecule is C=C1NC(=O)C=CN1[C@@H]1O[C@H](COP(=O)(O)OP(=O)(O)OP(=O)(O)O)[C@H](F)C1(O)CF. The summed E-state index contributed by atoms with van der Waals surface area (Å²) < 4.78 is 78.1. The molecule has 0 aromatic heterocycles. The number of hydrogen-bond donors (Lipinski definition) is 6. The minimum Gasteiger partial charge on any atom is -0.379 e. The molecule has 178 valence electrons. The Morgan fingerprint density at radius 2 is 1.84 bits per heavy atom. The summed E-state index contributed by atoms with van der Waals surface area (Å²) in [6.07, 6.45) is -4.43. The number of phosphoric ester groups is 1. The first-order valence-electron chi connectivity index (χ1n) is 7.82. The molecule has 0 spiro atoms. The minimum atomic E-state index is -5.81.